The number of rotatable bonds is 7. The first-order chi connectivity index (χ1) is 13.8. The number of nitrogens with one attached hydrogen (secondary N) is 1. The quantitative estimate of drug-likeness (QED) is 0.580. The first-order valence-corrected chi connectivity index (χ1v) is 10.6. The van der Waals surface area contributed by atoms with E-state index in [0.717, 1.165) is 51.4 Å². The van der Waals surface area contributed by atoms with Crippen molar-refractivity contribution in [2.75, 3.05) is 44.2 Å². The van der Waals surface area contributed by atoms with Gasteiger partial charge in [0.05, 0.1) is 10.3 Å². The molecule has 0 bridgehead atoms. The summed E-state index contributed by atoms with van der Waals surface area (Å²) in [7, 11) is 0. The van der Waals surface area contributed by atoms with Crippen molar-refractivity contribution in [3.05, 3.63) is 54.4 Å². The molecule has 0 aliphatic carbocycles. The maximum Gasteiger partial charge on any atom is 0.252 e. The van der Waals surface area contributed by atoms with E-state index in [1.54, 1.807) is 36.1 Å². The summed E-state index contributed by atoms with van der Waals surface area (Å²) in [6.07, 6.45) is 5.35. The van der Waals surface area contributed by atoms with Crippen LogP contribution in [0.15, 0.2) is 48.8 Å². The summed E-state index contributed by atoms with van der Waals surface area (Å²) in [6, 6.07) is 12.0. The molecule has 6 nitrogen and oxygen atoms in total. The van der Waals surface area contributed by atoms with Crippen molar-refractivity contribution in [1.29, 1.82) is 0 Å². The SMILES string of the molecule is Cl.O=C(NCCCCN1CCN(c2nsc3ccccc23)CC1)c1cccnc1. The van der Waals surface area contributed by atoms with Gasteiger partial charge in [0.1, 0.15) is 5.82 Å². The Morgan fingerprint density at radius 3 is 2.69 bits per heavy atom. The van der Waals surface area contributed by atoms with Crippen LogP contribution in [0.4, 0.5) is 5.82 Å². The summed E-state index contributed by atoms with van der Waals surface area (Å²) in [4.78, 5) is 20.9. The number of unbranched alkanes of at least 4 members (excludes halogenated alkanes) is 1. The van der Waals surface area contributed by atoms with Crippen LogP contribution in [0.25, 0.3) is 10.1 Å². The van der Waals surface area contributed by atoms with E-state index >= 15 is 0 Å². The van der Waals surface area contributed by atoms with Gasteiger partial charge in [-0.1, -0.05) is 12.1 Å². The van der Waals surface area contributed by atoms with Crippen LogP contribution < -0.4 is 10.2 Å². The van der Waals surface area contributed by atoms with Crippen molar-refractivity contribution in [2.24, 2.45) is 0 Å². The molecule has 0 saturated carbocycles. The van der Waals surface area contributed by atoms with Gasteiger partial charge in [-0.05, 0) is 55.2 Å². The second-order valence-electron chi connectivity index (χ2n) is 7.04. The largest absolute Gasteiger partial charge is 0.353 e. The molecule has 1 saturated heterocycles. The Morgan fingerprint density at radius 1 is 1.07 bits per heavy atom. The van der Waals surface area contributed by atoms with Gasteiger partial charge < -0.3 is 10.2 Å². The van der Waals surface area contributed by atoms with Gasteiger partial charge in [0.25, 0.3) is 5.91 Å². The van der Waals surface area contributed by atoms with Gasteiger partial charge in [-0.15, -0.1) is 12.4 Å². The first kappa shape index (κ1) is 21.5. The predicted octanol–water partition coefficient (Wildman–Crippen LogP) is 3.45. The van der Waals surface area contributed by atoms with Crippen LogP contribution in [0.3, 0.4) is 0 Å². The van der Waals surface area contributed by atoms with E-state index in [1.807, 2.05) is 0 Å². The average molecular weight is 432 g/mol. The molecule has 1 aliphatic heterocycles. The van der Waals surface area contributed by atoms with E-state index in [1.165, 1.54) is 10.1 Å². The van der Waals surface area contributed by atoms with Crippen molar-refractivity contribution in [3.8, 4) is 0 Å². The number of aromatic nitrogens is 2. The molecule has 1 amide bonds. The molecular formula is C21H26ClN5OS. The molecule has 2 aromatic heterocycles. The Hall–Kier alpha value is -2.22. The third-order valence-electron chi connectivity index (χ3n) is 5.14. The molecule has 0 spiro atoms. The Morgan fingerprint density at radius 2 is 1.90 bits per heavy atom. The van der Waals surface area contributed by atoms with Gasteiger partial charge >= 0.3 is 0 Å². The van der Waals surface area contributed by atoms with E-state index < -0.39 is 0 Å². The van der Waals surface area contributed by atoms with Gasteiger partial charge in [-0.2, -0.15) is 4.37 Å². The molecular weight excluding hydrogens is 406 g/mol. The van der Waals surface area contributed by atoms with Crippen molar-refractivity contribution >= 4 is 45.8 Å². The van der Waals surface area contributed by atoms with Crippen LogP contribution in [0.5, 0.6) is 0 Å². The second-order valence-corrected chi connectivity index (χ2v) is 7.84. The molecule has 0 unspecified atom stereocenters. The van der Waals surface area contributed by atoms with E-state index in [2.05, 4.69) is 48.7 Å². The highest BCUT2D eigenvalue weighted by atomic mass is 35.5. The van der Waals surface area contributed by atoms with Gasteiger partial charge in [0.2, 0.25) is 0 Å². The highest BCUT2D eigenvalue weighted by molar-refractivity contribution is 7.13. The Labute approximate surface area is 181 Å². The van der Waals surface area contributed by atoms with E-state index in [9.17, 15) is 4.79 Å². The highest BCUT2D eigenvalue weighted by Gasteiger charge is 2.20. The van der Waals surface area contributed by atoms with Crippen molar-refractivity contribution in [3.63, 3.8) is 0 Å². The molecule has 0 radical (unpaired) electrons. The van der Waals surface area contributed by atoms with Crippen LogP contribution in [0.2, 0.25) is 0 Å². The van der Waals surface area contributed by atoms with Crippen molar-refractivity contribution in [2.45, 2.75) is 12.8 Å². The van der Waals surface area contributed by atoms with Gasteiger partial charge in [0.15, 0.2) is 0 Å². The number of benzene rings is 1. The number of halogens is 1. The van der Waals surface area contributed by atoms with Crippen molar-refractivity contribution in [1.82, 2.24) is 19.6 Å². The monoisotopic (exact) mass is 431 g/mol. The minimum Gasteiger partial charge on any atom is -0.353 e. The van der Waals surface area contributed by atoms with Crippen molar-refractivity contribution < 1.29 is 4.79 Å². The molecule has 1 aromatic carbocycles. The zero-order valence-corrected chi connectivity index (χ0v) is 17.9. The molecule has 0 atom stereocenters. The van der Waals surface area contributed by atoms with Crippen LogP contribution >= 0.6 is 23.9 Å². The number of fused-ring (bicyclic) bond motifs is 1. The standard InChI is InChI=1S/C21H25N5OS.ClH/c27-21(17-6-5-9-22-16-17)23-10-3-4-11-25-12-14-26(15-13-25)20-18-7-1-2-8-19(18)28-24-20;/h1-2,5-9,16H,3-4,10-15H2,(H,23,27);1H. The maximum absolute atomic E-state index is 12.0. The number of nitrogens with zero attached hydrogens (tertiary/aromatic N) is 4. The summed E-state index contributed by atoms with van der Waals surface area (Å²) >= 11 is 1.58. The number of hydrogen-bond donors (Lipinski definition) is 1. The third kappa shape index (κ3) is 5.44. The zero-order valence-electron chi connectivity index (χ0n) is 16.3. The fourth-order valence-corrected chi connectivity index (χ4v) is 4.34. The Balaban J connectivity index is 0.00000240. The summed E-state index contributed by atoms with van der Waals surface area (Å²) in [5.74, 6) is 1.09. The molecule has 1 N–H and O–H groups in total. The first-order valence-electron chi connectivity index (χ1n) is 9.81. The summed E-state index contributed by atoms with van der Waals surface area (Å²) in [5.41, 5.74) is 0.619. The van der Waals surface area contributed by atoms with E-state index in [0.29, 0.717) is 12.1 Å². The lowest BCUT2D eigenvalue weighted by Gasteiger charge is -2.35. The van der Waals surface area contributed by atoms with Crippen LogP contribution in [-0.2, 0) is 0 Å². The highest BCUT2D eigenvalue weighted by Crippen LogP contribution is 2.29. The number of hydrogen-bond acceptors (Lipinski definition) is 6. The number of pyridine rings is 1. The summed E-state index contributed by atoms with van der Waals surface area (Å²) in [5, 5.41) is 4.24. The molecule has 1 aliphatic rings. The zero-order chi connectivity index (χ0) is 19.2. The minimum absolute atomic E-state index is 0. The fourth-order valence-electron chi connectivity index (χ4n) is 3.55. The minimum atomic E-state index is -0.0443. The fraction of sp³-hybridized carbons (Fsp3) is 0.381. The van der Waals surface area contributed by atoms with E-state index in [-0.39, 0.29) is 18.3 Å². The predicted molar refractivity (Wildman–Crippen MR) is 121 cm³/mol. The lowest BCUT2D eigenvalue weighted by atomic mass is 10.2. The summed E-state index contributed by atoms with van der Waals surface area (Å²) in [6.45, 7) is 5.95. The molecule has 8 heteroatoms. The molecule has 154 valence electrons. The molecule has 1 fully saturated rings. The second kappa shape index (κ2) is 10.5. The topological polar surface area (TPSA) is 61.4 Å². The van der Waals surface area contributed by atoms with Gasteiger partial charge in [-0.25, -0.2) is 0 Å². The molecule has 3 aromatic rings. The summed E-state index contributed by atoms with van der Waals surface area (Å²) < 4.78 is 5.93. The lowest BCUT2D eigenvalue weighted by molar-refractivity contribution is 0.0952. The Bertz CT molecular complexity index is 912. The van der Waals surface area contributed by atoms with Crippen LogP contribution in [0, 0.1) is 0 Å². The smallest absolute Gasteiger partial charge is 0.252 e. The van der Waals surface area contributed by atoms with Gasteiger partial charge in [-0.3, -0.25) is 14.7 Å². The Kier molecular flexibility index (Phi) is 7.80. The number of amides is 1. The number of carbonyl (C=O) groups is 1. The maximum atomic E-state index is 12.0. The number of anilines is 1. The number of piperazine rings is 1. The third-order valence-corrected chi connectivity index (χ3v) is 5.96. The van der Waals surface area contributed by atoms with Crippen LogP contribution in [-0.4, -0.2) is 59.4 Å². The molecule has 4 rings (SSSR count). The number of carbonyl (C=O) groups excluding carboxylic acids is 1. The lowest BCUT2D eigenvalue weighted by Crippen LogP contribution is -2.46. The van der Waals surface area contributed by atoms with Gasteiger partial charge in [0, 0.05) is 50.5 Å². The average Bonchev–Trinajstić information content (AvgIpc) is 3.19. The normalized spacial score (nSPS) is 14.6. The molecule has 29 heavy (non-hydrogen) atoms. The van der Waals surface area contributed by atoms with Crippen LogP contribution in [0.1, 0.15) is 23.2 Å². The van der Waals surface area contributed by atoms with E-state index in [4.69, 9.17) is 0 Å². The molecule has 3 heterocycles.